The van der Waals surface area contributed by atoms with Crippen molar-refractivity contribution in [2.24, 2.45) is 17.8 Å². The smallest absolute Gasteiger partial charge is 0.462 e. The van der Waals surface area contributed by atoms with E-state index in [2.05, 4.69) is 72.8 Å². The van der Waals surface area contributed by atoms with E-state index in [1.807, 2.05) is 0 Å². The van der Waals surface area contributed by atoms with E-state index in [1.54, 1.807) is 0 Å². The van der Waals surface area contributed by atoms with Crippen LogP contribution in [0, 0.1) is 17.8 Å². The minimum atomic E-state index is -4.96. The fourth-order valence-corrected chi connectivity index (χ4v) is 12.1. The molecule has 19 heteroatoms. The molecule has 0 radical (unpaired) electrons. The van der Waals surface area contributed by atoms with Gasteiger partial charge in [-0.2, -0.15) is 0 Å². The lowest BCUT2D eigenvalue weighted by Gasteiger charge is -2.21. The molecule has 0 aliphatic carbocycles. The van der Waals surface area contributed by atoms with Crippen LogP contribution in [0.25, 0.3) is 0 Å². The van der Waals surface area contributed by atoms with Crippen LogP contribution < -0.4 is 0 Å². The van der Waals surface area contributed by atoms with Gasteiger partial charge in [0.25, 0.3) is 0 Å². The highest BCUT2D eigenvalue weighted by Gasteiger charge is 2.30. The molecule has 0 saturated carbocycles. The van der Waals surface area contributed by atoms with Crippen molar-refractivity contribution < 1.29 is 80.2 Å². The van der Waals surface area contributed by atoms with E-state index in [4.69, 9.17) is 37.0 Å². The number of aliphatic hydroxyl groups is 1. The fourth-order valence-electron chi connectivity index (χ4n) is 10.5. The Morgan fingerprint density at radius 2 is 0.587 bits per heavy atom. The molecule has 0 aromatic carbocycles. The number of phosphoric acid groups is 2. The quantitative estimate of drug-likeness (QED) is 0.0169. The molecule has 0 amide bonds. The van der Waals surface area contributed by atoms with Crippen molar-refractivity contribution >= 4 is 39.5 Å². The normalized spacial score (nSPS) is 14.3. The van der Waals surface area contributed by atoms with Crippen molar-refractivity contribution in [1.82, 2.24) is 0 Å². The molecule has 0 heterocycles. The van der Waals surface area contributed by atoms with Crippen molar-refractivity contribution in [3.63, 3.8) is 0 Å². The maximum atomic E-state index is 13.0. The van der Waals surface area contributed by atoms with Crippen molar-refractivity contribution in [2.45, 2.75) is 362 Å². The molecular formula is C73H138O17P2. The van der Waals surface area contributed by atoms with E-state index >= 15 is 0 Å². The molecule has 0 aliphatic heterocycles. The SMILES string of the molecule is CCCCCC/C=C\C=C/CCCCCCCC(=O)OC[C@H](COP(=O)(O)OCC(O)COP(=O)(O)OC[C@@H](COC(=O)CCCCCCCCCC(C)C)OC(=O)CCCCCCCCCCC(C)C)OC(=O)CCCCCCCCCCCCCCCC(C)C. The largest absolute Gasteiger partial charge is 0.472 e. The zero-order valence-electron chi connectivity index (χ0n) is 59.5. The molecule has 3 unspecified atom stereocenters. The second-order valence-electron chi connectivity index (χ2n) is 27.1. The first-order chi connectivity index (χ1) is 44.2. The molecule has 0 aromatic heterocycles. The first-order valence-corrected chi connectivity index (χ1v) is 40.2. The number of hydrogen-bond acceptors (Lipinski definition) is 15. The van der Waals surface area contributed by atoms with Gasteiger partial charge in [-0.15, -0.1) is 0 Å². The molecule has 0 aliphatic rings. The molecule has 0 rings (SSSR count). The van der Waals surface area contributed by atoms with Gasteiger partial charge in [0.1, 0.15) is 19.3 Å². The molecule has 542 valence electrons. The topological polar surface area (TPSA) is 237 Å². The maximum Gasteiger partial charge on any atom is 0.472 e. The third-order valence-corrected chi connectivity index (χ3v) is 18.2. The van der Waals surface area contributed by atoms with Crippen LogP contribution in [0.5, 0.6) is 0 Å². The summed E-state index contributed by atoms with van der Waals surface area (Å²) in [7, 11) is -9.92. The van der Waals surface area contributed by atoms with Gasteiger partial charge in [0.15, 0.2) is 12.2 Å². The lowest BCUT2D eigenvalue weighted by Crippen LogP contribution is -2.30. The Labute approximate surface area is 561 Å². The summed E-state index contributed by atoms with van der Waals surface area (Å²) in [6.45, 7) is 11.7. The fraction of sp³-hybridized carbons (Fsp3) is 0.890. The van der Waals surface area contributed by atoms with Crippen molar-refractivity contribution in [2.75, 3.05) is 39.6 Å². The van der Waals surface area contributed by atoms with Gasteiger partial charge in [-0.05, 0) is 69.1 Å². The van der Waals surface area contributed by atoms with Gasteiger partial charge >= 0.3 is 39.5 Å². The number of hydrogen-bond donors (Lipinski definition) is 3. The second-order valence-corrected chi connectivity index (χ2v) is 30.0. The van der Waals surface area contributed by atoms with E-state index in [-0.39, 0.29) is 25.7 Å². The Morgan fingerprint density at radius 3 is 0.880 bits per heavy atom. The lowest BCUT2D eigenvalue weighted by atomic mass is 10.0. The summed E-state index contributed by atoms with van der Waals surface area (Å²) in [6.07, 6.45) is 50.9. The molecule has 0 spiro atoms. The number of ether oxygens (including phenoxy) is 4. The van der Waals surface area contributed by atoms with Crippen LogP contribution in [0.15, 0.2) is 24.3 Å². The van der Waals surface area contributed by atoms with Crippen LogP contribution in [0.3, 0.4) is 0 Å². The number of phosphoric ester groups is 2. The maximum absolute atomic E-state index is 13.0. The second kappa shape index (κ2) is 63.3. The van der Waals surface area contributed by atoms with E-state index in [0.29, 0.717) is 37.5 Å². The zero-order chi connectivity index (χ0) is 68.0. The minimum absolute atomic E-state index is 0.0998. The average Bonchev–Trinajstić information content (AvgIpc) is 1.70. The Balaban J connectivity index is 5.28. The highest BCUT2D eigenvalue weighted by atomic mass is 31.2. The van der Waals surface area contributed by atoms with Crippen LogP contribution in [-0.4, -0.2) is 96.7 Å². The lowest BCUT2D eigenvalue weighted by molar-refractivity contribution is -0.161. The van der Waals surface area contributed by atoms with E-state index in [1.165, 1.54) is 128 Å². The molecule has 0 aromatic rings. The number of unbranched alkanes of at least 4 members (excludes halogenated alkanes) is 34. The van der Waals surface area contributed by atoms with Crippen molar-refractivity contribution in [3.05, 3.63) is 24.3 Å². The van der Waals surface area contributed by atoms with Gasteiger partial charge in [-0.25, -0.2) is 9.13 Å². The number of carbonyl (C=O) groups is 4. The van der Waals surface area contributed by atoms with Crippen LogP contribution in [0.4, 0.5) is 0 Å². The van der Waals surface area contributed by atoms with Gasteiger partial charge in [0.05, 0.1) is 26.4 Å². The number of rotatable bonds is 69. The summed E-state index contributed by atoms with van der Waals surface area (Å²) in [5.74, 6) is 0.0492. The highest BCUT2D eigenvalue weighted by molar-refractivity contribution is 7.47. The van der Waals surface area contributed by atoms with Crippen LogP contribution in [0.2, 0.25) is 0 Å². The summed E-state index contributed by atoms with van der Waals surface area (Å²) in [6, 6.07) is 0. The number of carbonyl (C=O) groups excluding carboxylic acids is 4. The Morgan fingerprint density at radius 1 is 0.337 bits per heavy atom. The van der Waals surface area contributed by atoms with E-state index < -0.39 is 97.5 Å². The van der Waals surface area contributed by atoms with Crippen molar-refractivity contribution in [3.8, 4) is 0 Å². The Kier molecular flexibility index (Phi) is 61.6. The number of allylic oxidation sites excluding steroid dienone is 4. The average molecular weight is 1350 g/mol. The predicted molar refractivity (Wildman–Crippen MR) is 372 cm³/mol. The number of esters is 4. The third-order valence-electron chi connectivity index (χ3n) is 16.3. The van der Waals surface area contributed by atoms with Crippen molar-refractivity contribution in [1.29, 1.82) is 0 Å². The van der Waals surface area contributed by atoms with E-state index in [9.17, 15) is 43.2 Å². The molecule has 0 saturated heterocycles. The van der Waals surface area contributed by atoms with Gasteiger partial charge in [-0.3, -0.25) is 37.3 Å². The summed E-state index contributed by atoms with van der Waals surface area (Å²) < 4.78 is 68.3. The predicted octanol–water partition coefficient (Wildman–Crippen LogP) is 20.6. The molecule has 17 nitrogen and oxygen atoms in total. The minimum Gasteiger partial charge on any atom is -0.462 e. The Bertz CT molecular complexity index is 1890. The third kappa shape index (κ3) is 66.2. The molecule has 0 bridgehead atoms. The molecular weight excluding hydrogens is 1210 g/mol. The van der Waals surface area contributed by atoms with Gasteiger partial charge in [0, 0.05) is 25.7 Å². The summed E-state index contributed by atoms with van der Waals surface area (Å²) in [4.78, 5) is 72.6. The summed E-state index contributed by atoms with van der Waals surface area (Å²) >= 11 is 0. The monoisotopic (exact) mass is 1350 g/mol. The zero-order valence-corrected chi connectivity index (χ0v) is 61.3. The first-order valence-electron chi connectivity index (χ1n) is 37.2. The van der Waals surface area contributed by atoms with Crippen LogP contribution in [0.1, 0.15) is 344 Å². The molecule has 3 N–H and O–H groups in total. The summed E-state index contributed by atoms with van der Waals surface area (Å²) in [5.41, 5.74) is 0. The molecule has 92 heavy (non-hydrogen) atoms. The van der Waals surface area contributed by atoms with E-state index in [0.717, 1.165) is 121 Å². The standard InChI is InChI=1S/C73H138O17P2/c1-8-9-10-11-12-13-14-15-16-19-22-25-33-40-47-54-70(75)83-60-68(89-72(77)56-49-42-34-26-23-20-17-18-21-24-30-37-44-51-64(2)3)62-87-91(79,80)85-58-67(74)59-86-92(81,82)88-63-69(61-84-71(76)55-48-41-36-29-32-39-46-53-66(6)7)90-73(78)57-50-43-35-28-27-31-38-45-52-65(4)5/h13-16,64-69,74H,8-12,17-63H2,1-7H3,(H,79,80)(H,81,82)/b14-13-,16-15-/t67?,68-,69-/m1/s1. The van der Waals surface area contributed by atoms with Crippen LogP contribution >= 0.6 is 15.6 Å². The van der Waals surface area contributed by atoms with Gasteiger partial charge in [-0.1, -0.05) is 291 Å². The van der Waals surface area contributed by atoms with Crippen LogP contribution in [-0.2, 0) is 65.4 Å². The number of aliphatic hydroxyl groups excluding tert-OH is 1. The summed E-state index contributed by atoms with van der Waals surface area (Å²) in [5, 5.41) is 10.6. The first kappa shape index (κ1) is 89.5. The molecule has 0 fully saturated rings. The Hall–Kier alpha value is -2.46. The highest BCUT2D eigenvalue weighted by Crippen LogP contribution is 2.45. The van der Waals surface area contributed by atoms with Gasteiger partial charge in [0.2, 0.25) is 0 Å². The van der Waals surface area contributed by atoms with Gasteiger partial charge < -0.3 is 33.8 Å². The molecule has 5 atom stereocenters.